The molecule has 1 aromatic carbocycles. The van der Waals surface area contributed by atoms with E-state index in [4.69, 9.17) is 0 Å². The van der Waals surface area contributed by atoms with Gasteiger partial charge in [0, 0.05) is 0 Å². The summed E-state index contributed by atoms with van der Waals surface area (Å²) in [5.41, 5.74) is 1.22. The molecule has 0 unspecified atom stereocenters. The van der Waals surface area contributed by atoms with Crippen LogP contribution in [0.2, 0.25) is 38.3 Å². The first-order valence-corrected chi connectivity index (χ1v) is 13.5. The Morgan fingerprint density at radius 2 is 1.53 bits per heavy atom. The fraction of sp³-hybridized carbons (Fsp3) is 0.500. The summed E-state index contributed by atoms with van der Waals surface area (Å²) < 4.78 is 2.47. The zero-order valence-corrected chi connectivity index (χ0v) is 15.5. The lowest BCUT2D eigenvalue weighted by atomic mass is 10.2. The molecule has 0 bridgehead atoms. The van der Waals surface area contributed by atoms with Crippen molar-refractivity contribution >= 4 is 27.6 Å². The van der Waals surface area contributed by atoms with E-state index in [-0.39, 0.29) is 0 Å². The summed E-state index contributed by atoms with van der Waals surface area (Å²) in [6.45, 7) is 13.8. The van der Waals surface area contributed by atoms with Gasteiger partial charge in [-0.05, 0) is 25.7 Å². The highest BCUT2D eigenvalue weighted by Gasteiger charge is 2.30. The van der Waals surface area contributed by atoms with Gasteiger partial charge in [0.2, 0.25) is 0 Å². The number of benzene rings is 1. The van der Waals surface area contributed by atoms with Crippen LogP contribution >= 0.6 is 0 Å². The summed E-state index contributed by atoms with van der Waals surface area (Å²) in [5, 5.41) is 1.57. The molecule has 0 heterocycles. The molecule has 0 spiro atoms. The van der Waals surface area contributed by atoms with Crippen LogP contribution < -0.4 is 5.19 Å². The molecule has 1 aromatic rings. The second-order valence-electron chi connectivity index (χ2n) is 6.92. The molecule has 0 radical (unpaired) electrons. The molecule has 0 aliphatic heterocycles. The van der Waals surface area contributed by atoms with Crippen molar-refractivity contribution in [3.63, 3.8) is 0 Å². The van der Waals surface area contributed by atoms with Crippen molar-refractivity contribution in [1.29, 1.82) is 0 Å². The lowest BCUT2D eigenvalue weighted by Crippen LogP contribution is -2.48. The van der Waals surface area contributed by atoms with E-state index >= 15 is 0 Å². The van der Waals surface area contributed by atoms with E-state index in [1.807, 2.05) is 6.08 Å². The number of hydrogen-bond acceptors (Lipinski definition) is 1. The van der Waals surface area contributed by atoms with Crippen molar-refractivity contribution in [2.45, 2.75) is 38.3 Å². The highest BCUT2D eigenvalue weighted by molar-refractivity contribution is 6.91. The van der Waals surface area contributed by atoms with Crippen LogP contribution in [-0.4, -0.2) is 35.0 Å². The molecule has 0 saturated heterocycles. The molecule has 0 aromatic heterocycles. The molecule has 1 rings (SSSR count). The predicted octanol–water partition coefficient (Wildman–Crippen LogP) is 4.01. The lowest BCUT2D eigenvalue weighted by molar-refractivity contribution is 0.619. The molecule has 0 saturated carbocycles. The van der Waals surface area contributed by atoms with E-state index in [1.54, 1.807) is 5.19 Å². The van der Waals surface area contributed by atoms with E-state index in [2.05, 4.69) is 75.7 Å². The molecule has 106 valence electrons. The molecular weight excluding hydrogens is 262 g/mol. The smallest absolute Gasteiger partial charge is 0.121 e. The number of nitrogens with zero attached hydrogens (tertiary/aromatic N) is 1. The van der Waals surface area contributed by atoms with Crippen LogP contribution in [0.1, 0.15) is 5.56 Å². The molecule has 0 amide bonds. The van der Waals surface area contributed by atoms with Gasteiger partial charge in [-0.2, -0.15) is 0 Å². The van der Waals surface area contributed by atoms with Gasteiger partial charge >= 0.3 is 0 Å². The minimum atomic E-state index is -1.30. The summed E-state index contributed by atoms with van der Waals surface area (Å²) in [6, 6.07) is 11.8. The Kier molecular flexibility index (Phi) is 5.36. The standard InChI is InChI=1S/C16H29NSi2/c1-8-15-9-11-16(12-10-15)18(4,5)13-14-19(6,7)17(2)3/h8-12H,1,13-14H2,2-7H3. The fourth-order valence-corrected chi connectivity index (χ4v) is 8.81. The summed E-state index contributed by atoms with van der Waals surface area (Å²) in [4.78, 5) is 0. The van der Waals surface area contributed by atoms with Crippen LogP contribution in [0.15, 0.2) is 30.8 Å². The topological polar surface area (TPSA) is 3.24 Å². The zero-order valence-electron chi connectivity index (χ0n) is 13.5. The van der Waals surface area contributed by atoms with E-state index in [0.29, 0.717) is 0 Å². The Labute approximate surface area is 121 Å². The average Bonchev–Trinajstić information content (AvgIpc) is 2.36. The first-order chi connectivity index (χ1) is 8.69. The van der Waals surface area contributed by atoms with Crippen LogP contribution in [0.25, 0.3) is 6.08 Å². The van der Waals surface area contributed by atoms with E-state index < -0.39 is 16.3 Å². The molecule has 0 N–H and O–H groups in total. The van der Waals surface area contributed by atoms with Gasteiger partial charge in [0.15, 0.2) is 0 Å². The summed E-state index contributed by atoms with van der Waals surface area (Å²) >= 11 is 0. The minimum absolute atomic E-state index is 1.19. The van der Waals surface area contributed by atoms with Gasteiger partial charge in [0.25, 0.3) is 0 Å². The highest BCUT2D eigenvalue weighted by atomic mass is 28.3. The predicted molar refractivity (Wildman–Crippen MR) is 94.4 cm³/mol. The monoisotopic (exact) mass is 291 g/mol. The third kappa shape index (κ3) is 4.44. The molecule has 0 atom stereocenters. The van der Waals surface area contributed by atoms with Crippen molar-refractivity contribution in [3.8, 4) is 0 Å². The molecule has 0 aliphatic rings. The minimum Gasteiger partial charge on any atom is -0.329 e. The van der Waals surface area contributed by atoms with Gasteiger partial charge in [0.05, 0.1) is 8.07 Å². The maximum Gasteiger partial charge on any atom is 0.121 e. The van der Waals surface area contributed by atoms with Crippen molar-refractivity contribution in [2.75, 3.05) is 14.1 Å². The maximum absolute atomic E-state index is 3.82. The van der Waals surface area contributed by atoms with Gasteiger partial charge < -0.3 is 4.57 Å². The first-order valence-electron chi connectivity index (χ1n) is 7.09. The van der Waals surface area contributed by atoms with Gasteiger partial charge in [-0.15, -0.1) is 0 Å². The number of rotatable bonds is 6. The normalized spacial score (nSPS) is 12.8. The summed E-state index contributed by atoms with van der Waals surface area (Å²) in [6.07, 6.45) is 1.92. The third-order valence-corrected chi connectivity index (χ3v) is 12.3. The van der Waals surface area contributed by atoms with Gasteiger partial charge in [-0.3, -0.25) is 0 Å². The van der Waals surface area contributed by atoms with Crippen LogP contribution in [0, 0.1) is 0 Å². The fourth-order valence-electron chi connectivity index (χ4n) is 2.06. The van der Waals surface area contributed by atoms with E-state index in [0.717, 1.165) is 0 Å². The molecule has 3 heteroatoms. The van der Waals surface area contributed by atoms with Crippen LogP contribution in [0.4, 0.5) is 0 Å². The zero-order chi connectivity index (χ0) is 14.7. The van der Waals surface area contributed by atoms with Gasteiger partial charge in [0.1, 0.15) is 8.24 Å². The maximum atomic E-state index is 3.82. The Bertz CT molecular complexity index is 419. The molecular formula is C16H29NSi2. The molecule has 0 fully saturated rings. The van der Waals surface area contributed by atoms with Crippen molar-refractivity contribution in [3.05, 3.63) is 36.4 Å². The Balaban J connectivity index is 2.77. The summed E-state index contributed by atoms with van der Waals surface area (Å²) in [5.74, 6) is 0. The number of hydrogen-bond donors (Lipinski definition) is 0. The second kappa shape index (κ2) is 6.20. The van der Waals surface area contributed by atoms with Crippen molar-refractivity contribution < 1.29 is 0 Å². The summed E-state index contributed by atoms with van der Waals surface area (Å²) in [7, 11) is 1.99. The molecule has 19 heavy (non-hydrogen) atoms. The van der Waals surface area contributed by atoms with Crippen LogP contribution in [0.5, 0.6) is 0 Å². The van der Waals surface area contributed by atoms with Crippen molar-refractivity contribution in [2.24, 2.45) is 0 Å². The molecule has 1 nitrogen and oxygen atoms in total. The van der Waals surface area contributed by atoms with Crippen molar-refractivity contribution in [1.82, 2.24) is 4.57 Å². The van der Waals surface area contributed by atoms with Crippen LogP contribution in [0.3, 0.4) is 0 Å². The first kappa shape index (κ1) is 16.4. The van der Waals surface area contributed by atoms with E-state index in [1.165, 1.54) is 17.7 Å². The van der Waals surface area contributed by atoms with Gasteiger partial charge in [-0.1, -0.05) is 74.3 Å². The Morgan fingerprint density at radius 3 is 1.95 bits per heavy atom. The van der Waals surface area contributed by atoms with Crippen LogP contribution in [-0.2, 0) is 0 Å². The molecule has 0 aliphatic carbocycles. The SMILES string of the molecule is C=Cc1ccc([Si](C)(C)CC[Si](C)(C)N(C)C)cc1. The lowest BCUT2D eigenvalue weighted by Gasteiger charge is -2.33. The Hall–Kier alpha value is -0.646. The second-order valence-corrected chi connectivity index (χ2v) is 16.8. The average molecular weight is 292 g/mol. The largest absolute Gasteiger partial charge is 0.329 e. The quantitative estimate of drug-likeness (QED) is 0.716. The van der Waals surface area contributed by atoms with Gasteiger partial charge in [-0.25, -0.2) is 0 Å². The van der Waals surface area contributed by atoms with E-state index in [9.17, 15) is 0 Å². The highest BCUT2D eigenvalue weighted by Crippen LogP contribution is 2.21. The third-order valence-electron chi connectivity index (χ3n) is 4.50. The Morgan fingerprint density at radius 1 is 1.00 bits per heavy atom.